The van der Waals surface area contributed by atoms with Gasteiger partial charge in [0.2, 0.25) is 11.8 Å². The maximum absolute atomic E-state index is 12.7. The van der Waals surface area contributed by atoms with Gasteiger partial charge in [-0.1, -0.05) is 36.4 Å². The molecule has 2 heterocycles. The number of carbonyl (C=O) groups excluding carboxylic acids is 2. The molecule has 2 amide bonds. The first-order valence-electron chi connectivity index (χ1n) is 9.24. The number of hydrogen-bond acceptors (Lipinski definition) is 3. The van der Waals surface area contributed by atoms with Gasteiger partial charge in [0.25, 0.3) is 0 Å². The average Bonchev–Trinajstić information content (AvgIpc) is 3.17. The fraction of sp³-hybridized carbons (Fsp3) is 0.429. The monoisotopic (exact) mass is 370 g/mol. The molecule has 1 aliphatic rings. The number of nitrogens with one attached hydrogen (secondary N) is 1. The van der Waals surface area contributed by atoms with E-state index in [1.165, 1.54) is 12.5 Å². The molecule has 0 aliphatic carbocycles. The van der Waals surface area contributed by atoms with Gasteiger partial charge in [-0.15, -0.1) is 11.3 Å². The summed E-state index contributed by atoms with van der Waals surface area (Å²) < 4.78 is 0. The van der Waals surface area contributed by atoms with Gasteiger partial charge in [-0.2, -0.15) is 0 Å². The number of amides is 2. The number of hydrogen-bond donors (Lipinski definition) is 1. The van der Waals surface area contributed by atoms with Gasteiger partial charge in [0, 0.05) is 24.9 Å². The molecule has 1 aromatic carbocycles. The lowest BCUT2D eigenvalue weighted by atomic mass is 9.90. The van der Waals surface area contributed by atoms with Crippen LogP contribution in [0.3, 0.4) is 0 Å². The van der Waals surface area contributed by atoms with Crippen molar-refractivity contribution in [3.05, 3.63) is 58.3 Å². The maximum atomic E-state index is 12.7. The molecule has 0 unspecified atom stereocenters. The molecule has 0 radical (unpaired) electrons. The molecule has 1 atom stereocenters. The highest BCUT2D eigenvalue weighted by Crippen LogP contribution is 2.26. The molecule has 2 aromatic rings. The molecular weight excluding hydrogens is 344 g/mol. The Balaban J connectivity index is 1.51. The van der Waals surface area contributed by atoms with E-state index in [1.54, 1.807) is 11.3 Å². The van der Waals surface area contributed by atoms with Crippen LogP contribution in [0, 0.1) is 5.92 Å². The van der Waals surface area contributed by atoms with Crippen LogP contribution in [0.4, 0.5) is 0 Å². The van der Waals surface area contributed by atoms with E-state index in [2.05, 4.69) is 29.6 Å². The number of nitrogens with zero attached hydrogens (tertiary/aromatic N) is 1. The number of piperidine rings is 1. The largest absolute Gasteiger partial charge is 0.348 e. The van der Waals surface area contributed by atoms with E-state index in [-0.39, 0.29) is 17.9 Å². The minimum Gasteiger partial charge on any atom is -0.348 e. The highest BCUT2D eigenvalue weighted by atomic mass is 32.1. The molecule has 26 heavy (non-hydrogen) atoms. The summed E-state index contributed by atoms with van der Waals surface area (Å²) in [6.07, 6.45) is 3.52. The van der Waals surface area contributed by atoms with Crippen LogP contribution in [0.1, 0.15) is 42.7 Å². The third-order valence-corrected chi connectivity index (χ3v) is 5.96. The molecule has 0 bridgehead atoms. The Bertz CT molecular complexity index is 707. The smallest absolute Gasteiger partial charge is 0.225 e. The van der Waals surface area contributed by atoms with Gasteiger partial charge in [-0.3, -0.25) is 9.59 Å². The van der Waals surface area contributed by atoms with Crippen LogP contribution in [0.15, 0.2) is 47.8 Å². The van der Waals surface area contributed by atoms with Crippen molar-refractivity contribution in [3.8, 4) is 0 Å². The highest BCUT2D eigenvalue weighted by molar-refractivity contribution is 7.10. The average molecular weight is 371 g/mol. The summed E-state index contributed by atoms with van der Waals surface area (Å²) in [5.41, 5.74) is 1.38. The van der Waals surface area contributed by atoms with E-state index in [1.807, 2.05) is 28.5 Å². The first kappa shape index (κ1) is 18.6. The van der Waals surface area contributed by atoms with Gasteiger partial charge < -0.3 is 10.2 Å². The topological polar surface area (TPSA) is 49.4 Å². The number of likely N-dealkylation sites (tertiary alicyclic amines) is 1. The summed E-state index contributed by atoms with van der Waals surface area (Å²) in [7, 11) is 0. The maximum Gasteiger partial charge on any atom is 0.225 e. The quantitative estimate of drug-likeness (QED) is 0.841. The van der Waals surface area contributed by atoms with E-state index < -0.39 is 0 Å². The molecule has 1 aliphatic heterocycles. The third kappa shape index (κ3) is 5.18. The first-order valence-corrected chi connectivity index (χ1v) is 10.1. The summed E-state index contributed by atoms with van der Waals surface area (Å²) in [5, 5.41) is 4.89. The lowest BCUT2D eigenvalue weighted by Crippen LogP contribution is -2.41. The third-order valence-electron chi connectivity index (χ3n) is 4.98. The zero-order valence-electron chi connectivity index (χ0n) is 15.2. The van der Waals surface area contributed by atoms with Crippen molar-refractivity contribution in [2.45, 2.75) is 38.6 Å². The Morgan fingerprint density at radius 3 is 2.50 bits per heavy atom. The summed E-state index contributed by atoms with van der Waals surface area (Å²) >= 11 is 1.58. The predicted molar refractivity (Wildman–Crippen MR) is 105 cm³/mol. The first-order chi connectivity index (χ1) is 12.6. The molecule has 3 rings (SSSR count). The second kappa shape index (κ2) is 8.99. The lowest BCUT2D eigenvalue weighted by molar-refractivity contribution is -0.133. The molecule has 138 valence electrons. The van der Waals surface area contributed by atoms with Crippen LogP contribution in [-0.2, 0) is 16.0 Å². The van der Waals surface area contributed by atoms with Gasteiger partial charge in [-0.05, 0) is 42.2 Å². The van der Waals surface area contributed by atoms with Crippen molar-refractivity contribution < 1.29 is 9.59 Å². The van der Waals surface area contributed by atoms with Gasteiger partial charge in [-0.25, -0.2) is 0 Å². The van der Waals surface area contributed by atoms with Crippen LogP contribution in [0.25, 0.3) is 0 Å². The normalized spacial score (nSPS) is 16.3. The minimum atomic E-state index is -0.220. The van der Waals surface area contributed by atoms with Crippen LogP contribution >= 0.6 is 11.3 Å². The SMILES string of the molecule is CC(=O)N[C@@H](CC(=O)N1CCC(Cc2ccccc2)CC1)c1cccs1. The van der Waals surface area contributed by atoms with Crippen molar-refractivity contribution in [2.24, 2.45) is 5.92 Å². The van der Waals surface area contributed by atoms with E-state index >= 15 is 0 Å². The fourth-order valence-corrected chi connectivity index (χ4v) is 4.37. The Morgan fingerprint density at radius 2 is 1.88 bits per heavy atom. The zero-order valence-corrected chi connectivity index (χ0v) is 16.0. The summed E-state index contributed by atoms with van der Waals surface area (Å²) in [6, 6.07) is 14.3. The Kier molecular flexibility index (Phi) is 6.45. The van der Waals surface area contributed by atoms with Gasteiger partial charge in [0.1, 0.15) is 0 Å². The van der Waals surface area contributed by atoms with Crippen molar-refractivity contribution in [2.75, 3.05) is 13.1 Å². The fourth-order valence-electron chi connectivity index (χ4n) is 3.60. The number of carbonyl (C=O) groups is 2. The molecular formula is C21H26N2O2S. The molecule has 0 saturated carbocycles. The minimum absolute atomic E-state index is 0.0993. The van der Waals surface area contributed by atoms with Crippen LogP contribution in [-0.4, -0.2) is 29.8 Å². The van der Waals surface area contributed by atoms with Gasteiger partial charge in [0.05, 0.1) is 12.5 Å². The Morgan fingerprint density at radius 1 is 1.15 bits per heavy atom. The molecule has 1 aromatic heterocycles. The molecule has 4 nitrogen and oxygen atoms in total. The van der Waals surface area contributed by atoms with Crippen molar-refractivity contribution in [1.29, 1.82) is 0 Å². The van der Waals surface area contributed by atoms with E-state index in [0.29, 0.717) is 12.3 Å². The number of thiophene rings is 1. The van der Waals surface area contributed by atoms with Crippen molar-refractivity contribution in [1.82, 2.24) is 10.2 Å². The molecule has 1 fully saturated rings. The van der Waals surface area contributed by atoms with Crippen LogP contribution < -0.4 is 5.32 Å². The predicted octanol–water partition coefficient (Wildman–Crippen LogP) is 3.80. The van der Waals surface area contributed by atoms with Gasteiger partial charge >= 0.3 is 0 Å². The standard InChI is InChI=1S/C21H26N2O2S/c1-16(24)22-19(20-8-5-13-26-20)15-21(25)23-11-9-18(10-12-23)14-17-6-3-2-4-7-17/h2-8,13,18-19H,9-12,14-15H2,1H3,(H,22,24)/t19-/m0/s1. The van der Waals surface area contributed by atoms with Crippen molar-refractivity contribution >= 4 is 23.2 Å². The van der Waals surface area contributed by atoms with E-state index in [0.717, 1.165) is 37.2 Å². The highest BCUT2D eigenvalue weighted by Gasteiger charge is 2.26. The zero-order chi connectivity index (χ0) is 18.4. The molecule has 1 N–H and O–H groups in total. The molecule has 0 spiro atoms. The van der Waals surface area contributed by atoms with Crippen LogP contribution in [0.5, 0.6) is 0 Å². The number of benzene rings is 1. The Hall–Kier alpha value is -2.14. The van der Waals surface area contributed by atoms with Gasteiger partial charge in [0.15, 0.2) is 0 Å². The van der Waals surface area contributed by atoms with Crippen LogP contribution in [0.2, 0.25) is 0 Å². The van der Waals surface area contributed by atoms with E-state index in [9.17, 15) is 9.59 Å². The summed E-state index contributed by atoms with van der Waals surface area (Å²) in [4.78, 5) is 27.2. The summed E-state index contributed by atoms with van der Waals surface area (Å²) in [6.45, 7) is 3.13. The second-order valence-corrected chi connectivity index (χ2v) is 7.97. The molecule has 5 heteroatoms. The Labute approximate surface area is 159 Å². The summed E-state index contributed by atoms with van der Waals surface area (Å²) in [5.74, 6) is 0.679. The van der Waals surface area contributed by atoms with E-state index in [4.69, 9.17) is 0 Å². The number of rotatable bonds is 6. The second-order valence-electron chi connectivity index (χ2n) is 6.99. The lowest BCUT2D eigenvalue weighted by Gasteiger charge is -2.33. The molecule has 1 saturated heterocycles. The van der Waals surface area contributed by atoms with Crippen molar-refractivity contribution in [3.63, 3.8) is 0 Å².